The van der Waals surface area contributed by atoms with Gasteiger partial charge in [0.25, 0.3) is 5.69 Å². The third kappa shape index (κ3) is 1.78. The summed E-state index contributed by atoms with van der Waals surface area (Å²) < 4.78 is 0. The van der Waals surface area contributed by atoms with Gasteiger partial charge in [-0.15, -0.1) is 0 Å². The summed E-state index contributed by atoms with van der Waals surface area (Å²) in [4.78, 5) is 12.2. The lowest BCUT2D eigenvalue weighted by molar-refractivity contribution is -0.384. The van der Waals surface area contributed by atoms with Gasteiger partial charge in [-0.3, -0.25) is 10.1 Å². The minimum Gasteiger partial charge on any atom is -0.389 e. The molecule has 1 fully saturated rings. The molecule has 1 heterocycles. The van der Waals surface area contributed by atoms with Crippen LogP contribution in [0.25, 0.3) is 0 Å². The van der Waals surface area contributed by atoms with Gasteiger partial charge in [0.2, 0.25) is 0 Å². The molecular weight excluding hydrogens is 196 g/mol. The number of β-amino-alcohol motifs (C(OH)–C–C–N with tert-alkyl or cyclic N) is 1. The number of hydrogen-bond acceptors (Lipinski definition) is 4. The number of nitrogens with zero attached hydrogens (tertiary/aromatic N) is 2. The van der Waals surface area contributed by atoms with E-state index in [2.05, 4.69) is 0 Å². The molecular formula is C10H12N2O3. The average Bonchev–Trinajstić information content (AvgIpc) is 2.13. The van der Waals surface area contributed by atoms with E-state index in [1.165, 1.54) is 0 Å². The highest BCUT2D eigenvalue weighted by molar-refractivity contribution is 5.65. The number of benzene rings is 1. The van der Waals surface area contributed by atoms with Gasteiger partial charge in [0.05, 0.1) is 11.0 Å². The predicted octanol–water partition coefficient (Wildman–Crippen LogP) is 1.08. The van der Waals surface area contributed by atoms with Crippen molar-refractivity contribution >= 4 is 11.4 Å². The Labute approximate surface area is 87.1 Å². The molecule has 0 aromatic heterocycles. The highest BCUT2D eigenvalue weighted by Crippen LogP contribution is 2.31. The van der Waals surface area contributed by atoms with E-state index >= 15 is 0 Å². The molecule has 1 N–H and O–H groups in total. The topological polar surface area (TPSA) is 66.6 Å². The smallest absolute Gasteiger partial charge is 0.292 e. The Kier molecular flexibility index (Phi) is 2.32. The van der Waals surface area contributed by atoms with Crippen LogP contribution in [0.2, 0.25) is 0 Å². The van der Waals surface area contributed by atoms with Gasteiger partial charge in [0.15, 0.2) is 0 Å². The van der Waals surface area contributed by atoms with E-state index in [9.17, 15) is 10.1 Å². The lowest BCUT2D eigenvalue weighted by atomic mass is 10.1. The molecule has 0 unspecified atom stereocenters. The van der Waals surface area contributed by atoms with Crippen LogP contribution in [0.5, 0.6) is 0 Å². The lowest BCUT2D eigenvalue weighted by Gasteiger charge is -2.37. The Morgan fingerprint density at radius 1 is 1.53 bits per heavy atom. The zero-order valence-corrected chi connectivity index (χ0v) is 8.38. The normalized spacial score (nSPS) is 16.3. The van der Waals surface area contributed by atoms with E-state index in [0.29, 0.717) is 18.8 Å². The number of aliphatic hydroxyl groups is 1. The minimum atomic E-state index is -0.382. The molecule has 1 aliphatic rings. The average molecular weight is 208 g/mol. The van der Waals surface area contributed by atoms with Gasteiger partial charge in [-0.05, 0) is 18.6 Å². The zero-order chi connectivity index (χ0) is 11.0. The maximum absolute atomic E-state index is 10.8. The van der Waals surface area contributed by atoms with Gasteiger partial charge in [-0.2, -0.15) is 0 Å². The van der Waals surface area contributed by atoms with Gasteiger partial charge in [-0.25, -0.2) is 0 Å². The highest BCUT2D eigenvalue weighted by Gasteiger charge is 2.29. The summed E-state index contributed by atoms with van der Waals surface area (Å²) in [5.74, 6) is 0. The molecule has 1 aromatic rings. The van der Waals surface area contributed by atoms with Crippen LogP contribution < -0.4 is 4.90 Å². The van der Waals surface area contributed by atoms with Crippen LogP contribution >= 0.6 is 0 Å². The highest BCUT2D eigenvalue weighted by atomic mass is 16.6. The molecule has 80 valence electrons. The van der Waals surface area contributed by atoms with Crippen LogP contribution in [0.15, 0.2) is 18.2 Å². The summed E-state index contributed by atoms with van der Waals surface area (Å²) >= 11 is 0. The van der Waals surface area contributed by atoms with E-state index in [1.54, 1.807) is 12.1 Å². The van der Waals surface area contributed by atoms with E-state index in [1.807, 2.05) is 17.9 Å². The van der Waals surface area contributed by atoms with Gasteiger partial charge >= 0.3 is 0 Å². The maximum Gasteiger partial charge on any atom is 0.292 e. The largest absolute Gasteiger partial charge is 0.389 e. The van der Waals surface area contributed by atoms with Gasteiger partial charge in [0.1, 0.15) is 5.69 Å². The Balaban J connectivity index is 2.34. The molecule has 0 amide bonds. The van der Waals surface area contributed by atoms with Gasteiger partial charge < -0.3 is 10.0 Å². The predicted molar refractivity (Wildman–Crippen MR) is 56.1 cm³/mol. The number of hydrogen-bond donors (Lipinski definition) is 1. The van der Waals surface area contributed by atoms with Gasteiger partial charge in [0, 0.05) is 19.2 Å². The Bertz CT molecular complexity index is 400. The summed E-state index contributed by atoms with van der Waals surface area (Å²) in [6, 6.07) is 5.13. The van der Waals surface area contributed by atoms with Crippen molar-refractivity contribution in [3.05, 3.63) is 33.9 Å². The molecule has 0 saturated carbocycles. The molecule has 5 nitrogen and oxygen atoms in total. The van der Waals surface area contributed by atoms with Crippen LogP contribution in [-0.2, 0) is 0 Å². The van der Waals surface area contributed by atoms with Gasteiger partial charge in [-0.1, -0.05) is 6.07 Å². The zero-order valence-electron chi connectivity index (χ0n) is 8.38. The van der Waals surface area contributed by atoms with Crippen molar-refractivity contribution in [2.75, 3.05) is 18.0 Å². The number of aliphatic hydroxyl groups excluding tert-OH is 1. The standard InChI is InChI=1S/C10H12N2O3/c1-7-2-3-9(10(4-7)12(14)15)11-5-8(13)6-11/h2-4,8,13H,5-6H2,1H3. The van der Waals surface area contributed by atoms with Crippen molar-refractivity contribution in [1.82, 2.24) is 0 Å². The van der Waals surface area contributed by atoms with E-state index in [0.717, 1.165) is 5.56 Å². The SMILES string of the molecule is Cc1ccc(N2CC(O)C2)c([N+](=O)[O-])c1. The molecule has 0 spiro atoms. The maximum atomic E-state index is 10.8. The fourth-order valence-corrected chi connectivity index (χ4v) is 1.70. The minimum absolute atomic E-state index is 0.113. The van der Waals surface area contributed by atoms with Crippen LogP contribution in [0.1, 0.15) is 5.56 Å². The second-order valence-corrected chi connectivity index (χ2v) is 3.81. The summed E-state index contributed by atoms with van der Waals surface area (Å²) in [5.41, 5.74) is 1.57. The van der Waals surface area contributed by atoms with Crippen LogP contribution in [0.4, 0.5) is 11.4 Å². The first-order valence-electron chi connectivity index (χ1n) is 4.76. The fourth-order valence-electron chi connectivity index (χ4n) is 1.70. The summed E-state index contributed by atoms with van der Waals surface area (Å²) in [6.45, 7) is 2.77. The first-order chi connectivity index (χ1) is 7.08. The van der Waals surface area contributed by atoms with Crippen LogP contribution in [0.3, 0.4) is 0 Å². The third-order valence-electron chi connectivity index (χ3n) is 2.53. The van der Waals surface area contributed by atoms with Crippen molar-refractivity contribution in [1.29, 1.82) is 0 Å². The second kappa shape index (κ2) is 3.51. The molecule has 0 aliphatic carbocycles. The lowest BCUT2D eigenvalue weighted by Crippen LogP contribution is -2.51. The number of aryl methyl sites for hydroxylation is 1. The molecule has 1 aromatic carbocycles. The molecule has 1 aliphatic heterocycles. The van der Waals surface area contributed by atoms with E-state index in [-0.39, 0.29) is 16.7 Å². The van der Waals surface area contributed by atoms with E-state index < -0.39 is 0 Å². The second-order valence-electron chi connectivity index (χ2n) is 3.81. The number of rotatable bonds is 2. The van der Waals surface area contributed by atoms with Crippen molar-refractivity contribution in [2.45, 2.75) is 13.0 Å². The molecule has 15 heavy (non-hydrogen) atoms. The fraction of sp³-hybridized carbons (Fsp3) is 0.400. The molecule has 1 saturated heterocycles. The summed E-state index contributed by atoms with van der Waals surface area (Å²) in [5, 5.41) is 20.0. The molecule has 0 bridgehead atoms. The van der Waals surface area contributed by atoms with Crippen molar-refractivity contribution in [3.8, 4) is 0 Å². The monoisotopic (exact) mass is 208 g/mol. The number of nitro benzene ring substituents is 1. The Hall–Kier alpha value is -1.62. The number of anilines is 1. The van der Waals surface area contributed by atoms with Crippen molar-refractivity contribution < 1.29 is 10.0 Å². The first-order valence-corrected chi connectivity index (χ1v) is 4.76. The summed E-state index contributed by atoms with van der Waals surface area (Å²) in [6.07, 6.45) is -0.356. The van der Waals surface area contributed by atoms with E-state index in [4.69, 9.17) is 5.11 Å². The first kappa shape index (κ1) is 9.92. The molecule has 5 heteroatoms. The third-order valence-corrected chi connectivity index (χ3v) is 2.53. The van der Waals surface area contributed by atoms with Crippen molar-refractivity contribution in [2.24, 2.45) is 0 Å². The molecule has 0 atom stereocenters. The Morgan fingerprint density at radius 3 is 2.73 bits per heavy atom. The number of nitro groups is 1. The van der Waals surface area contributed by atoms with Crippen LogP contribution in [-0.4, -0.2) is 29.2 Å². The summed E-state index contributed by atoms with van der Waals surface area (Å²) in [7, 11) is 0. The van der Waals surface area contributed by atoms with Crippen molar-refractivity contribution in [3.63, 3.8) is 0 Å². The van der Waals surface area contributed by atoms with Crippen LogP contribution in [0, 0.1) is 17.0 Å². The molecule has 0 radical (unpaired) electrons. The quantitative estimate of drug-likeness (QED) is 0.583. The molecule has 2 rings (SSSR count). The Morgan fingerprint density at radius 2 is 2.20 bits per heavy atom.